The zero-order valence-corrected chi connectivity index (χ0v) is 16.9. The van der Waals surface area contributed by atoms with Crippen molar-refractivity contribution in [2.45, 2.75) is 42.8 Å². The minimum absolute atomic E-state index is 0.00514. The predicted molar refractivity (Wildman–Crippen MR) is 105 cm³/mol. The predicted octanol–water partition coefficient (Wildman–Crippen LogP) is 1.89. The number of amides is 1. The normalized spacial score (nSPS) is 17.3. The van der Waals surface area contributed by atoms with E-state index in [1.807, 2.05) is 0 Å². The lowest BCUT2D eigenvalue weighted by molar-refractivity contribution is -0.115. The summed E-state index contributed by atoms with van der Waals surface area (Å²) in [7, 11) is 3.08. The second kappa shape index (κ2) is 9.16. The minimum atomic E-state index is -0.466. The van der Waals surface area contributed by atoms with Gasteiger partial charge in [0.1, 0.15) is 0 Å². The zero-order valence-electron chi connectivity index (χ0n) is 16.1. The Morgan fingerprint density at radius 3 is 2.89 bits per heavy atom. The molecule has 2 atom stereocenters. The number of H-pyrrole nitrogens is 1. The number of carbonyl (C=O) groups is 1. The summed E-state index contributed by atoms with van der Waals surface area (Å²) < 4.78 is 17.6. The number of rotatable bonds is 8. The maximum absolute atomic E-state index is 12.6. The van der Waals surface area contributed by atoms with Crippen molar-refractivity contribution in [3.05, 3.63) is 28.7 Å². The fraction of sp³-hybridized carbons (Fsp3) is 0.500. The number of benzene rings is 1. The van der Waals surface area contributed by atoms with Gasteiger partial charge in [-0.2, -0.15) is 0 Å². The van der Waals surface area contributed by atoms with Crippen LogP contribution < -0.4 is 20.5 Å². The zero-order chi connectivity index (χ0) is 20.1. The number of aromatic amines is 1. The fourth-order valence-electron chi connectivity index (χ4n) is 2.92. The van der Waals surface area contributed by atoms with Crippen LogP contribution in [0.4, 0.5) is 5.69 Å². The molecule has 0 aliphatic carbocycles. The van der Waals surface area contributed by atoms with Gasteiger partial charge in [0.05, 0.1) is 32.1 Å². The van der Waals surface area contributed by atoms with E-state index in [0.29, 0.717) is 35.5 Å². The molecule has 0 radical (unpaired) electrons. The van der Waals surface area contributed by atoms with Gasteiger partial charge in [0.15, 0.2) is 16.7 Å². The van der Waals surface area contributed by atoms with Crippen molar-refractivity contribution >= 4 is 23.4 Å². The van der Waals surface area contributed by atoms with E-state index in [1.165, 1.54) is 23.4 Å². The molecule has 2 N–H and O–H groups in total. The molecule has 3 rings (SSSR count). The summed E-state index contributed by atoms with van der Waals surface area (Å²) in [6, 6.07) is 5.15. The average molecular weight is 408 g/mol. The second-order valence-corrected chi connectivity index (χ2v) is 7.68. The Morgan fingerprint density at radius 2 is 2.21 bits per heavy atom. The summed E-state index contributed by atoms with van der Waals surface area (Å²) in [4.78, 5) is 24.6. The number of aromatic nitrogens is 3. The number of carbonyl (C=O) groups excluding carboxylic acids is 1. The van der Waals surface area contributed by atoms with Crippen molar-refractivity contribution in [1.29, 1.82) is 0 Å². The summed E-state index contributed by atoms with van der Waals surface area (Å²) in [5.41, 5.74) is 0.291. The number of thioether (sulfide) groups is 1. The molecular weight excluding hydrogens is 384 g/mol. The van der Waals surface area contributed by atoms with E-state index in [9.17, 15) is 9.59 Å². The highest BCUT2D eigenvalue weighted by Crippen LogP contribution is 2.30. The Kier molecular flexibility index (Phi) is 6.63. The molecule has 28 heavy (non-hydrogen) atoms. The van der Waals surface area contributed by atoms with Crippen LogP contribution in [0.1, 0.15) is 19.8 Å². The van der Waals surface area contributed by atoms with Crippen molar-refractivity contribution in [2.75, 3.05) is 26.1 Å². The van der Waals surface area contributed by atoms with Crippen LogP contribution in [0.25, 0.3) is 0 Å². The second-order valence-electron chi connectivity index (χ2n) is 6.38. The Morgan fingerprint density at radius 1 is 1.43 bits per heavy atom. The molecule has 1 aliphatic rings. The SMILES string of the molecule is COc1ccc(NC(=O)[C@H](C)Sc2n[nH]c(=O)n2C[C@@H]2CCCO2)cc1OC. The van der Waals surface area contributed by atoms with Gasteiger partial charge in [-0.1, -0.05) is 11.8 Å². The number of methoxy groups -OCH3 is 2. The number of anilines is 1. The first-order valence-electron chi connectivity index (χ1n) is 8.98. The number of ether oxygens (including phenoxy) is 3. The molecule has 1 aromatic carbocycles. The van der Waals surface area contributed by atoms with Gasteiger partial charge in [-0.05, 0) is 31.9 Å². The standard InChI is InChI=1S/C18H24N4O5S/c1-11(16(23)19-12-6-7-14(25-2)15(9-12)26-3)28-18-21-20-17(24)22(18)10-13-5-4-8-27-13/h6-7,9,11,13H,4-5,8,10H2,1-3H3,(H,19,23)(H,20,24)/t11-,13-/m0/s1. The van der Waals surface area contributed by atoms with E-state index < -0.39 is 5.25 Å². The van der Waals surface area contributed by atoms with Gasteiger partial charge in [-0.3, -0.25) is 9.36 Å². The molecule has 1 aliphatic heterocycles. The Hall–Kier alpha value is -2.46. The molecule has 1 saturated heterocycles. The first-order chi connectivity index (χ1) is 13.5. The van der Waals surface area contributed by atoms with E-state index in [-0.39, 0.29) is 17.7 Å². The molecular formula is C18H24N4O5S. The van der Waals surface area contributed by atoms with Crippen molar-refractivity contribution in [3.8, 4) is 11.5 Å². The number of hydrogen-bond acceptors (Lipinski definition) is 7. The fourth-order valence-corrected chi connectivity index (χ4v) is 3.78. The largest absolute Gasteiger partial charge is 0.493 e. The van der Waals surface area contributed by atoms with Crippen LogP contribution in [0.5, 0.6) is 11.5 Å². The lowest BCUT2D eigenvalue weighted by atomic mass is 10.2. The van der Waals surface area contributed by atoms with Gasteiger partial charge in [-0.25, -0.2) is 9.89 Å². The Labute approximate surface area is 166 Å². The number of hydrogen-bond donors (Lipinski definition) is 2. The van der Waals surface area contributed by atoms with E-state index in [1.54, 1.807) is 32.2 Å². The van der Waals surface area contributed by atoms with Gasteiger partial charge in [0.25, 0.3) is 0 Å². The van der Waals surface area contributed by atoms with Gasteiger partial charge in [0, 0.05) is 18.4 Å². The molecule has 152 valence electrons. The lowest BCUT2D eigenvalue weighted by Crippen LogP contribution is -2.26. The smallest absolute Gasteiger partial charge is 0.344 e. The van der Waals surface area contributed by atoms with Crippen molar-refractivity contribution in [2.24, 2.45) is 0 Å². The maximum Gasteiger partial charge on any atom is 0.344 e. The number of nitrogens with zero attached hydrogens (tertiary/aromatic N) is 2. The summed E-state index contributed by atoms with van der Waals surface area (Å²) in [5, 5.41) is 9.35. The van der Waals surface area contributed by atoms with E-state index >= 15 is 0 Å². The molecule has 1 aromatic heterocycles. The molecule has 2 heterocycles. The third-order valence-corrected chi connectivity index (χ3v) is 5.53. The maximum atomic E-state index is 12.6. The quantitative estimate of drug-likeness (QED) is 0.642. The molecule has 1 amide bonds. The summed E-state index contributed by atoms with van der Waals surface area (Å²) in [6.07, 6.45) is 1.91. The van der Waals surface area contributed by atoms with Crippen LogP contribution in [0.3, 0.4) is 0 Å². The monoisotopic (exact) mass is 408 g/mol. The highest BCUT2D eigenvalue weighted by Gasteiger charge is 2.23. The van der Waals surface area contributed by atoms with E-state index in [2.05, 4.69) is 15.5 Å². The molecule has 9 nitrogen and oxygen atoms in total. The van der Waals surface area contributed by atoms with Crippen LogP contribution in [0.2, 0.25) is 0 Å². The molecule has 1 fully saturated rings. The Balaban J connectivity index is 1.65. The van der Waals surface area contributed by atoms with Crippen molar-refractivity contribution in [1.82, 2.24) is 14.8 Å². The van der Waals surface area contributed by atoms with Crippen LogP contribution in [0.15, 0.2) is 28.2 Å². The Bertz CT molecular complexity index is 875. The first-order valence-corrected chi connectivity index (χ1v) is 9.86. The van der Waals surface area contributed by atoms with Crippen LogP contribution in [-0.4, -0.2) is 52.9 Å². The molecule has 0 saturated carbocycles. The lowest BCUT2D eigenvalue weighted by Gasteiger charge is -2.15. The highest BCUT2D eigenvalue weighted by atomic mass is 32.2. The summed E-state index contributed by atoms with van der Waals surface area (Å²) >= 11 is 1.22. The van der Waals surface area contributed by atoms with Crippen molar-refractivity contribution < 1.29 is 19.0 Å². The third kappa shape index (κ3) is 4.68. The van der Waals surface area contributed by atoms with Gasteiger partial charge < -0.3 is 19.5 Å². The van der Waals surface area contributed by atoms with Gasteiger partial charge >= 0.3 is 5.69 Å². The minimum Gasteiger partial charge on any atom is -0.493 e. The third-order valence-electron chi connectivity index (χ3n) is 4.44. The van der Waals surface area contributed by atoms with Crippen LogP contribution in [0, 0.1) is 0 Å². The average Bonchev–Trinajstić information content (AvgIpc) is 3.33. The van der Waals surface area contributed by atoms with Crippen molar-refractivity contribution in [3.63, 3.8) is 0 Å². The molecule has 0 spiro atoms. The molecule has 10 heteroatoms. The van der Waals surface area contributed by atoms with Gasteiger partial charge in [0.2, 0.25) is 5.91 Å². The van der Waals surface area contributed by atoms with Crippen LogP contribution in [-0.2, 0) is 16.1 Å². The highest BCUT2D eigenvalue weighted by molar-refractivity contribution is 8.00. The molecule has 0 bridgehead atoms. The van der Waals surface area contributed by atoms with Gasteiger partial charge in [-0.15, -0.1) is 5.10 Å². The van der Waals surface area contributed by atoms with E-state index in [4.69, 9.17) is 14.2 Å². The summed E-state index contributed by atoms with van der Waals surface area (Å²) in [5.74, 6) is 0.896. The van der Waals surface area contributed by atoms with Crippen LogP contribution >= 0.6 is 11.8 Å². The topological polar surface area (TPSA) is 107 Å². The first kappa shape index (κ1) is 20.3. The molecule has 2 aromatic rings. The summed E-state index contributed by atoms with van der Waals surface area (Å²) in [6.45, 7) is 2.90. The molecule has 0 unspecified atom stereocenters. The van der Waals surface area contributed by atoms with E-state index in [0.717, 1.165) is 12.8 Å². The number of nitrogens with one attached hydrogen (secondary N) is 2.